The number of nitrogens with one attached hydrogen (secondary N) is 1. The molecule has 0 aliphatic carbocycles. The van der Waals surface area contributed by atoms with Crippen LogP contribution < -0.4 is 5.32 Å². The molecule has 178 valence electrons. The van der Waals surface area contributed by atoms with Crippen molar-refractivity contribution in [2.24, 2.45) is 5.92 Å². The molecule has 0 bridgehead atoms. The van der Waals surface area contributed by atoms with Crippen LogP contribution in [0, 0.1) is 18.3 Å². The van der Waals surface area contributed by atoms with E-state index in [0.717, 1.165) is 18.4 Å². The van der Waals surface area contributed by atoms with Crippen molar-refractivity contribution in [3.63, 3.8) is 0 Å². The molecule has 0 spiro atoms. The van der Waals surface area contributed by atoms with Gasteiger partial charge in [0.1, 0.15) is 12.2 Å². The van der Waals surface area contributed by atoms with Crippen LogP contribution in [0.1, 0.15) is 45.6 Å². The van der Waals surface area contributed by atoms with Crippen LogP contribution in [0.15, 0.2) is 30.3 Å². The number of piperazine rings is 1. The van der Waals surface area contributed by atoms with E-state index in [1.165, 1.54) is 0 Å². The number of terminal acetylenes is 1. The van der Waals surface area contributed by atoms with Crippen molar-refractivity contribution in [1.82, 2.24) is 25.1 Å². The molecule has 2 aliphatic rings. The Kier molecular flexibility index (Phi) is 8.34. The largest absolute Gasteiger partial charge is 0.337 e. The quantitative estimate of drug-likeness (QED) is 0.613. The van der Waals surface area contributed by atoms with Crippen molar-refractivity contribution in [3.05, 3.63) is 35.9 Å². The van der Waals surface area contributed by atoms with E-state index >= 15 is 0 Å². The molecular formula is C25H35N5O3. The third-order valence-electron chi connectivity index (χ3n) is 6.14. The Hall–Kier alpha value is -3.05. The molecule has 0 aromatic heterocycles. The van der Waals surface area contributed by atoms with Crippen LogP contribution in [0.4, 0.5) is 4.79 Å². The summed E-state index contributed by atoms with van der Waals surface area (Å²) in [7, 11) is 0. The molecule has 1 N–H and O–H groups in total. The van der Waals surface area contributed by atoms with E-state index in [9.17, 15) is 14.4 Å². The van der Waals surface area contributed by atoms with Gasteiger partial charge in [-0.2, -0.15) is 5.01 Å². The van der Waals surface area contributed by atoms with E-state index < -0.39 is 12.2 Å². The number of hydrazine groups is 1. The zero-order valence-electron chi connectivity index (χ0n) is 19.9. The predicted octanol–water partition coefficient (Wildman–Crippen LogP) is 2.27. The van der Waals surface area contributed by atoms with Crippen molar-refractivity contribution in [2.75, 3.05) is 26.2 Å². The number of nitrogens with zero attached hydrogens (tertiary/aromatic N) is 4. The highest BCUT2D eigenvalue weighted by atomic mass is 16.2. The first-order valence-corrected chi connectivity index (χ1v) is 11.8. The van der Waals surface area contributed by atoms with Crippen LogP contribution in [0.25, 0.3) is 0 Å². The highest BCUT2D eigenvalue weighted by Gasteiger charge is 2.50. The molecule has 0 saturated carbocycles. The average Bonchev–Trinajstić information content (AvgIpc) is 2.79. The number of carbonyl (C=O) groups excluding carboxylic acids is 3. The summed E-state index contributed by atoms with van der Waals surface area (Å²) in [5, 5.41) is 6.13. The maximum atomic E-state index is 13.4. The Bertz CT molecular complexity index is 882. The average molecular weight is 454 g/mol. The number of urea groups is 1. The highest BCUT2D eigenvalue weighted by molar-refractivity contribution is 5.91. The molecule has 2 fully saturated rings. The Labute approximate surface area is 196 Å². The summed E-state index contributed by atoms with van der Waals surface area (Å²) in [4.78, 5) is 43.3. The van der Waals surface area contributed by atoms with Crippen molar-refractivity contribution in [1.29, 1.82) is 0 Å². The number of hydrogen-bond donors (Lipinski definition) is 1. The second-order valence-electron chi connectivity index (χ2n) is 9.07. The third-order valence-corrected chi connectivity index (χ3v) is 6.14. The predicted molar refractivity (Wildman–Crippen MR) is 126 cm³/mol. The van der Waals surface area contributed by atoms with Crippen LogP contribution in [-0.2, 0) is 16.1 Å². The van der Waals surface area contributed by atoms with Gasteiger partial charge in [0, 0.05) is 13.1 Å². The smallest absolute Gasteiger partial charge is 0.334 e. The fraction of sp³-hybridized carbons (Fsp3) is 0.560. The molecule has 0 radical (unpaired) electrons. The first-order chi connectivity index (χ1) is 15.9. The van der Waals surface area contributed by atoms with Gasteiger partial charge in [-0.25, -0.2) is 9.80 Å². The molecule has 8 heteroatoms. The van der Waals surface area contributed by atoms with E-state index in [-0.39, 0.29) is 37.5 Å². The number of rotatable bonds is 8. The molecule has 1 aromatic rings. The fourth-order valence-corrected chi connectivity index (χ4v) is 4.46. The maximum Gasteiger partial charge on any atom is 0.334 e. The molecule has 33 heavy (non-hydrogen) atoms. The number of amides is 4. The first-order valence-electron chi connectivity index (χ1n) is 11.8. The maximum absolute atomic E-state index is 13.4. The Morgan fingerprint density at radius 2 is 1.97 bits per heavy atom. The summed E-state index contributed by atoms with van der Waals surface area (Å²) in [6.45, 7) is 7.57. The lowest BCUT2D eigenvalue weighted by Crippen LogP contribution is -2.76. The SMILES string of the molecule is C#CCN1CC(=O)N2[C@@H](CCC)C(=O)N(CCC(C)C)C[C@@H]2N1C(=O)NCc1ccccc1. The molecule has 8 nitrogen and oxygen atoms in total. The minimum Gasteiger partial charge on any atom is -0.337 e. The third kappa shape index (κ3) is 5.66. The van der Waals surface area contributed by atoms with E-state index in [0.29, 0.717) is 25.4 Å². The molecule has 2 aliphatic heterocycles. The van der Waals surface area contributed by atoms with Crippen LogP contribution in [0.3, 0.4) is 0 Å². The van der Waals surface area contributed by atoms with Gasteiger partial charge < -0.3 is 15.1 Å². The van der Waals surface area contributed by atoms with Gasteiger partial charge in [0.2, 0.25) is 11.8 Å². The molecule has 1 aromatic carbocycles. The Morgan fingerprint density at radius 3 is 2.61 bits per heavy atom. The van der Waals surface area contributed by atoms with Crippen LogP contribution in [-0.4, -0.2) is 76.0 Å². The van der Waals surface area contributed by atoms with Crippen LogP contribution in [0.5, 0.6) is 0 Å². The molecular weight excluding hydrogens is 418 g/mol. The Morgan fingerprint density at radius 1 is 1.24 bits per heavy atom. The molecule has 0 unspecified atom stereocenters. The van der Waals surface area contributed by atoms with Gasteiger partial charge in [0.15, 0.2) is 0 Å². The van der Waals surface area contributed by atoms with Crippen LogP contribution >= 0.6 is 0 Å². The van der Waals surface area contributed by atoms with Gasteiger partial charge in [-0.15, -0.1) is 6.42 Å². The van der Waals surface area contributed by atoms with Crippen molar-refractivity contribution in [2.45, 2.75) is 58.8 Å². The van der Waals surface area contributed by atoms with Gasteiger partial charge in [-0.3, -0.25) is 9.59 Å². The summed E-state index contributed by atoms with van der Waals surface area (Å²) < 4.78 is 0. The van der Waals surface area contributed by atoms with Crippen molar-refractivity contribution in [3.8, 4) is 12.3 Å². The summed E-state index contributed by atoms with van der Waals surface area (Å²) in [6, 6.07) is 8.75. The number of carbonyl (C=O) groups is 3. The summed E-state index contributed by atoms with van der Waals surface area (Å²) >= 11 is 0. The highest BCUT2D eigenvalue weighted by Crippen LogP contribution is 2.28. The topological polar surface area (TPSA) is 76.2 Å². The van der Waals surface area contributed by atoms with Gasteiger partial charge in [-0.1, -0.05) is 63.4 Å². The minimum atomic E-state index is -0.586. The van der Waals surface area contributed by atoms with E-state index in [2.05, 4.69) is 25.1 Å². The lowest BCUT2D eigenvalue weighted by Gasteiger charge is -2.55. The van der Waals surface area contributed by atoms with Gasteiger partial charge >= 0.3 is 6.03 Å². The zero-order chi connectivity index (χ0) is 24.0. The molecule has 4 amide bonds. The van der Waals surface area contributed by atoms with Gasteiger partial charge in [0.05, 0.1) is 19.6 Å². The summed E-state index contributed by atoms with van der Waals surface area (Å²) in [5.41, 5.74) is 0.973. The monoisotopic (exact) mass is 453 g/mol. The van der Waals surface area contributed by atoms with Gasteiger partial charge in [0.25, 0.3) is 0 Å². The molecule has 2 saturated heterocycles. The second-order valence-corrected chi connectivity index (χ2v) is 9.07. The van der Waals surface area contributed by atoms with E-state index in [1.54, 1.807) is 14.9 Å². The van der Waals surface area contributed by atoms with Gasteiger partial charge in [-0.05, 0) is 24.3 Å². The minimum absolute atomic E-state index is 0.0288. The van der Waals surface area contributed by atoms with Crippen LogP contribution in [0.2, 0.25) is 0 Å². The Balaban J connectivity index is 1.89. The number of fused-ring (bicyclic) bond motifs is 1. The summed E-state index contributed by atoms with van der Waals surface area (Å²) in [6.07, 6.45) is 7.17. The molecule has 2 atom stereocenters. The number of benzene rings is 1. The fourth-order valence-electron chi connectivity index (χ4n) is 4.46. The molecule has 2 heterocycles. The lowest BCUT2D eigenvalue weighted by atomic mass is 10.0. The van der Waals surface area contributed by atoms with Crippen molar-refractivity contribution < 1.29 is 14.4 Å². The molecule has 3 rings (SSSR count). The first kappa shape index (κ1) is 24.6. The second kappa shape index (κ2) is 11.2. The van der Waals surface area contributed by atoms with E-state index in [1.807, 2.05) is 42.2 Å². The van der Waals surface area contributed by atoms with E-state index in [4.69, 9.17) is 6.42 Å². The van der Waals surface area contributed by atoms with Crippen molar-refractivity contribution >= 4 is 17.8 Å². The zero-order valence-corrected chi connectivity index (χ0v) is 19.9. The summed E-state index contributed by atoms with van der Waals surface area (Å²) in [5.74, 6) is 2.80. The number of hydrogen-bond acceptors (Lipinski definition) is 4. The lowest BCUT2D eigenvalue weighted by molar-refractivity contribution is -0.189. The standard InChI is InChI=1S/C25H35N5O3/c1-5-10-21-24(32)27(15-13-19(3)4)17-22-29(21)23(31)18-28(14-6-2)30(22)25(33)26-16-20-11-8-7-9-12-20/h2,7-9,11-12,19,21-22H,5,10,13-18H2,1,3-4H3,(H,26,33)/t21-,22-/m0/s1. The normalized spacial score (nSPS) is 21.2.